The number of likely N-dealkylation sites (N-methyl/N-ethyl adjacent to an activating group) is 1. The Labute approximate surface area is 62.4 Å². The topological polar surface area (TPSA) is 32.3 Å². The van der Waals surface area contributed by atoms with E-state index in [0.29, 0.717) is 5.75 Å². The number of aliphatic hydroxyl groups is 1. The second-order valence-corrected chi connectivity index (χ2v) is 2.60. The zero-order chi connectivity index (χ0) is 6.57. The summed E-state index contributed by atoms with van der Waals surface area (Å²) in [4.78, 5) is 0. The summed E-state index contributed by atoms with van der Waals surface area (Å²) in [5.41, 5.74) is 0. The molecule has 0 saturated carbocycles. The Balaban J connectivity index is 3.52. The van der Waals surface area contributed by atoms with Crippen LogP contribution in [0.5, 0.6) is 0 Å². The summed E-state index contributed by atoms with van der Waals surface area (Å²) in [6, 6.07) is -0.0154. The molecule has 4 heteroatoms. The predicted molar refractivity (Wildman–Crippen MR) is 39.4 cm³/mol. The van der Waals surface area contributed by atoms with Gasteiger partial charge in [0.2, 0.25) is 0 Å². The minimum atomic E-state index is -0.0154. The molecule has 0 heterocycles. The van der Waals surface area contributed by atoms with Crippen molar-refractivity contribution in [3.63, 3.8) is 0 Å². The van der Waals surface area contributed by atoms with Gasteiger partial charge in [-0.2, -0.15) is 0 Å². The average molecular weight is 198 g/mol. The van der Waals surface area contributed by atoms with Gasteiger partial charge in [0.1, 0.15) is 0 Å². The van der Waals surface area contributed by atoms with Gasteiger partial charge >= 0.3 is 62.1 Å². The summed E-state index contributed by atoms with van der Waals surface area (Å²) in [7, 11) is 1.77. The van der Waals surface area contributed by atoms with Gasteiger partial charge in [-0.3, -0.25) is 0 Å². The molecule has 0 aromatic heterocycles. The predicted octanol–water partition coefficient (Wildman–Crippen LogP) is -0.825. The molecule has 0 amide bonds. The van der Waals surface area contributed by atoms with Crippen molar-refractivity contribution in [1.29, 1.82) is 0 Å². The third-order valence-corrected chi connectivity index (χ3v) is 1.79. The number of rotatable bonds is 3. The fourth-order valence-corrected chi connectivity index (χ4v) is 1.35. The summed E-state index contributed by atoms with van der Waals surface area (Å²) in [5.74, 6) is 0.606. The van der Waals surface area contributed by atoms with E-state index in [1.807, 2.05) is 0 Å². The molecule has 0 spiro atoms. The Kier molecular flexibility index (Phi) is 4.66. The Morgan fingerprint density at radius 3 is 2.50 bits per heavy atom. The van der Waals surface area contributed by atoms with Crippen molar-refractivity contribution in [1.82, 2.24) is 5.32 Å². The molecule has 0 aliphatic rings. The van der Waals surface area contributed by atoms with Crippen LogP contribution in [0.2, 0.25) is 0 Å². The van der Waals surface area contributed by atoms with Crippen LogP contribution in [-0.2, 0) is 0 Å². The first-order valence-electron chi connectivity index (χ1n) is 2.23. The van der Waals surface area contributed by atoms with Crippen LogP contribution in [0.15, 0.2) is 0 Å². The van der Waals surface area contributed by atoms with E-state index in [1.54, 1.807) is 7.05 Å². The number of hydrogen-bond acceptors (Lipinski definition) is 3. The van der Waals surface area contributed by atoms with Gasteiger partial charge in [0.15, 0.2) is 0 Å². The summed E-state index contributed by atoms with van der Waals surface area (Å²) in [5, 5.41) is 11.6. The van der Waals surface area contributed by atoms with Gasteiger partial charge in [-0.1, -0.05) is 0 Å². The number of thiol groups is 1. The van der Waals surface area contributed by atoms with Crippen molar-refractivity contribution in [3.8, 4) is 0 Å². The number of hydrogen-bond donors (Lipinski definition) is 3. The molecule has 0 aromatic rings. The SMILES string of the molecule is CNC(CS)C(O)=[Se]. The first kappa shape index (κ1) is 8.50. The van der Waals surface area contributed by atoms with Crippen LogP contribution in [0.1, 0.15) is 0 Å². The number of aliphatic hydroxyl groups excluding tert-OH is 1. The van der Waals surface area contributed by atoms with Crippen LogP contribution in [0.3, 0.4) is 0 Å². The van der Waals surface area contributed by atoms with Crippen LogP contribution >= 0.6 is 12.6 Å². The number of nitrogens with one attached hydrogen (secondary N) is 1. The fourth-order valence-electron chi connectivity index (χ4n) is 0.293. The van der Waals surface area contributed by atoms with Gasteiger partial charge in [0.05, 0.1) is 0 Å². The molecule has 0 aromatic carbocycles. The van der Waals surface area contributed by atoms with Crippen molar-refractivity contribution >= 4 is 32.8 Å². The standard InChI is InChI=1S/C4H9NOSSe/c1-5-3(2-7)4(6)8/h3,5,7H,2H2,1H3,(H,6,8). The van der Waals surface area contributed by atoms with E-state index in [-0.39, 0.29) is 10.6 Å². The molecule has 0 bridgehead atoms. The van der Waals surface area contributed by atoms with Gasteiger partial charge in [-0.25, -0.2) is 0 Å². The zero-order valence-electron chi connectivity index (χ0n) is 4.59. The molecule has 0 rings (SSSR count). The van der Waals surface area contributed by atoms with Crippen molar-refractivity contribution < 1.29 is 5.11 Å². The molecule has 48 valence electrons. The molecule has 0 aliphatic carbocycles. The first-order valence-corrected chi connectivity index (χ1v) is 3.72. The van der Waals surface area contributed by atoms with E-state index >= 15 is 0 Å². The maximum absolute atomic E-state index is 8.76. The van der Waals surface area contributed by atoms with Crippen LogP contribution in [-0.4, -0.2) is 44.1 Å². The second kappa shape index (κ2) is 4.39. The van der Waals surface area contributed by atoms with Crippen LogP contribution in [0, 0.1) is 0 Å². The first-order chi connectivity index (χ1) is 3.72. The van der Waals surface area contributed by atoms with Crippen molar-refractivity contribution in [3.05, 3.63) is 0 Å². The third-order valence-electron chi connectivity index (χ3n) is 0.829. The Hall–Kier alpha value is 0.499. The minimum absolute atomic E-state index is 0.0154. The summed E-state index contributed by atoms with van der Waals surface area (Å²) < 4.78 is 0.266. The molecule has 0 aliphatic heterocycles. The molecule has 1 unspecified atom stereocenters. The summed E-state index contributed by atoms with van der Waals surface area (Å²) >= 11 is 6.47. The van der Waals surface area contributed by atoms with Crippen molar-refractivity contribution in [2.24, 2.45) is 0 Å². The molecule has 1 atom stereocenters. The summed E-state index contributed by atoms with van der Waals surface area (Å²) in [6.45, 7) is 0. The van der Waals surface area contributed by atoms with E-state index in [1.165, 1.54) is 0 Å². The molecular weight excluding hydrogens is 189 g/mol. The Bertz CT molecular complexity index is 84.1. The molecule has 2 N–H and O–H groups in total. The van der Waals surface area contributed by atoms with Gasteiger partial charge in [-0.05, 0) is 0 Å². The fraction of sp³-hybridized carbons (Fsp3) is 0.750. The second-order valence-electron chi connectivity index (χ2n) is 1.36. The molecule has 0 fully saturated rings. The van der Waals surface area contributed by atoms with E-state index in [2.05, 4.69) is 33.5 Å². The quantitative estimate of drug-likeness (QED) is 0.409. The Morgan fingerprint density at radius 1 is 2.00 bits per heavy atom. The molecule has 2 nitrogen and oxygen atoms in total. The van der Waals surface area contributed by atoms with Crippen LogP contribution < -0.4 is 5.32 Å². The van der Waals surface area contributed by atoms with Crippen molar-refractivity contribution in [2.45, 2.75) is 6.04 Å². The van der Waals surface area contributed by atoms with E-state index in [0.717, 1.165) is 0 Å². The van der Waals surface area contributed by atoms with Crippen LogP contribution in [0.4, 0.5) is 0 Å². The molecule has 8 heavy (non-hydrogen) atoms. The molecule has 0 saturated heterocycles. The van der Waals surface area contributed by atoms with Gasteiger partial charge < -0.3 is 0 Å². The molecular formula is C4H9NOSSe. The normalized spacial score (nSPS) is 13.2. The maximum atomic E-state index is 8.76. The molecule has 0 radical (unpaired) electrons. The average Bonchev–Trinajstić information content (AvgIpc) is 1.69. The summed E-state index contributed by atoms with van der Waals surface area (Å²) in [6.07, 6.45) is 0. The Morgan fingerprint density at radius 2 is 2.50 bits per heavy atom. The van der Waals surface area contributed by atoms with Gasteiger partial charge in [-0.15, -0.1) is 0 Å². The van der Waals surface area contributed by atoms with Crippen LogP contribution in [0.25, 0.3) is 0 Å². The van der Waals surface area contributed by atoms with E-state index in [9.17, 15) is 0 Å². The van der Waals surface area contributed by atoms with Gasteiger partial charge in [0.25, 0.3) is 0 Å². The monoisotopic (exact) mass is 199 g/mol. The third kappa shape index (κ3) is 2.72. The van der Waals surface area contributed by atoms with E-state index in [4.69, 9.17) is 5.11 Å². The zero-order valence-corrected chi connectivity index (χ0v) is 7.19. The van der Waals surface area contributed by atoms with Crippen molar-refractivity contribution in [2.75, 3.05) is 12.8 Å². The van der Waals surface area contributed by atoms with Gasteiger partial charge in [0, 0.05) is 0 Å². The van der Waals surface area contributed by atoms with E-state index < -0.39 is 0 Å².